The Morgan fingerprint density at radius 1 is 1.21 bits per heavy atom. The molecule has 1 fully saturated rings. The molecule has 0 aromatic heterocycles. The van der Waals surface area contributed by atoms with Gasteiger partial charge in [0, 0.05) is 24.6 Å². The molecule has 1 unspecified atom stereocenters. The topological polar surface area (TPSA) is 47.7 Å². The van der Waals surface area contributed by atoms with Crippen molar-refractivity contribution in [2.75, 3.05) is 40.4 Å². The van der Waals surface area contributed by atoms with Gasteiger partial charge in [0.25, 0.3) is 0 Å². The van der Waals surface area contributed by atoms with Crippen molar-refractivity contribution in [3.8, 4) is 11.5 Å². The van der Waals surface area contributed by atoms with Crippen molar-refractivity contribution in [3.63, 3.8) is 0 Å². The number of ether oxygens (including phenoxy) is 2. The molecule has 0 radical (unpaired) electrons. The van der Waals surface area contributed by atoms with E-state index in [0.29, 0.717) is 12.5 Å². The van der Waals surface area contributed by atoms with Crippen molar-refractivity contribution in [1.82, 2.24) is 4.90 Å². The molecule has 4 heteroatoms. The molecule has 0 amide bonds. The van der Waals surface area contributed by atoms with Gasteiger partial charge in [0.15, 0.2) is 0 Å². The van der Waals surface area contributed by atoms with Crippen molar-refractivity contribution in [2.45, 2.75) is 18.8 Å². The van der Waals surface area contributed by atoms with Crippen LogP contribution in [0, 0.1) is 0 Å². The van der Waals surface area contributed by atoms with Crippen molar-refractivity contribution < 1.29 is 9.47 Å². The monoisotopic (exact) mass is 264 g/mol. The van der Waals surface area contributed by atoms with Crippen molar-refractivity contribution in [1.29, 1.82) is 0 Å². The summed E-state index contributed by atoms with van der Waals surface area (Å²) in [4.78, 5) is 2.48. The maximum atomic E-state index is 5.97. The van der Waals surface area contributed by atoms with Gasteiger partial charge in [0.05, 0.1) is 14.2 Å². The maximum absolute atomic E-state index is 5.97. The second kappa shape index (κ2) is 6.78. The Morgan fingerprint density at radius 3 is 2.53 bits per heavy atom. The Morgan fingerprint density at radius 2 is 1.95 bits per heavy atom. The molecule has 1 atom stereocenters. The molecule has 19 heavy (non-hydrogen) atoms. The zero-order valence-corrected chi connectivity index (χ0v) is 11.9. The first-order valence-corrected chi connectivity index (χ1v) is 6.92. The predicted octanol–water partition coefficient (Wildman–Crippen LogP) is 1.84. The van der Waals surface area contributed by atoms with E-state index in [1.165, 1.54) is 25.9 Å². The number of methoxy groups -OCH3 is 2. The lowest BCUT2D eigenvalue weighted by atomic mass is 9.97. The van der Waals surface area contributed by atoms with Gasteiger partial charge in [-0.25, -0.2) is 0 Å². The van der Waals surface area contributed by atoms with E-state index < -0.39 is 0 Å². The fraction of sp³-hybridized carbons (Fsp3) is 0.600. The second-order valence-electron chi connectivity index (χ2n) is 5.05. The number of hydrogen-bond acceptors (Lipinski definition) is 4. The molecule has 0 saturated carbocycles. The molecule has 0 spiro atoms. The van der Waals surface area contributed by atoms with Crippen LogP contribution in [-0.2, 0) is 0 Å². The first kappa shape index (κ1) is 14.2. The van der Waals surface area contributed by atoms with E-state index in [1.54, 1.807) is 14.2 Å². The van der Waals surface area contributed by atoms with E-state index in [1.807, 2.05) is 18.2 Å². The fourth-order valence-corrected chi connectivity index (χ4v) is 2.74. The standard InChI is InChI=1S/C15H24N2O2/c1-18-13-5-6-15(19-2)14(9-13)12(10-16)11-17-7-3-4-8-17/h5-6,9,12H,3-4,7-8,10-11,16H2,1-2H3. The minimum absolute atomic E-state index is 0.295. The number of benzene rings is 1. The smallest absolute Gasteiger partial charge is 0.122 e. The molecule has 2 rings (SSSR count). The van der Waals surface area contributed by atoms with Gasteiger partial charge in [0.2, 0.25) is 0 Å². The summed E-state index contributed by atoms with van der Waals surface area (Å²) >= 11 is 0. The van der Waals surface area contributed by atoms with Gasteiger partial charge in [-0.05, 0) is 44.1 Å². The van der Waals surface area contributed by atoms with Crippen molar-refractivity contribution in [3.05, 3.63) is 23.8 Å². The molecular weight excluding hydrogens is 240 g/mol. The van der Waals surface area contributed by atoms with Crippen LogP contribution in [-0.4, -0.2) is 45.3 Å². The lowest BCUT2D eigenvalue weighted by Gasteiger charge is -2.24. The van der Waals surface area contributed by atoms with Crippen molar-refractivity contribution in [2.24, 2.45) is 5.73 Å². The molecule has 1 saturated heterocycles. The van der Waals surface area contributed by atoms with Gasteiger partial charge in [-0.3, -0.25) is 0 Å². The summed E-state index contributed by atoms with van der Waals surface area (Å²) in [7, 11) is 3.39. The minimum atomic E-state index is 0.295. The highest BCUT2D eigenvalue weighted by Crippen LogP contribution is 2.31. The molecule has 0 aliphatic carbocycles. The van der Waals surface area contributed by atoms with Gasteiger partial charge in [0.1, 0.15) is 11.5 Å². The van der Waals surface area contributed by atoms with Crippen LogP contribution >= 0.6 is 0 Å². The summed E-state index contributed by atoms with van der Waals surface area (Å²) in [5, 5.41) is 0. The minimum Gasteiger partial charge on any atom is -0.497 e. The van der Waals surface area contributed by atoms with Crippen LogP contribution in [0.15, 0.2) is 18.2 Å². The number of likely N-dealkylation sites (tertiary alicyclic amines) is 1. The molecule has 0 bridgehead atoms. The summed E-state index contributed by atoms with van der Waals surface area (Å²) in [5.74, 6) is 2.05. The van der Waals surface area contributed by atoms with Crippen LogP contribution in [0.2, 0.25) is 0 Å². The molecule has 4 nitrogen and oxygen atoms in total. The molecule has 2 N–H and O–H groups in total. The summed E-state index contributed by atoms with van der Waals surface area (Å²) in [6, 6.07) is 5.93. The molecule has 1 aliphatic heterocycles. The number of nitrogens with zero attached hydrogens (tertiary/aromatic N) is 1. The van der Waals surface area contributed by atoms with Gasteiger partial charge in [-0.1, -0.05) is 0 Å². The first-order chi connectivity index (χ1) is 9.28. The van der Waals surface area contributed by atoms with Crippen molar-refractivity contribution >= 4 is 0 Å². The van der Waals surface area contributed by atoms with Crippen LogP contribution in [0.4, 0.5) is 0 Å². The van der Waals surface area contributed by atoms with E-state index in [0.717, 1.165) is 23.6 Å². The van der Waals surface area contributed by atoms with E-state index in [2.05, 4.69) is 4.90 Å². The predicted molar refractivity (Wildman–Crippen MR) is 77.0 cm³/mol. The zero-order valence-electron chi connectivity index (χ0n) is 11.9. The summed E-state index contributed by atoms with van der Waals surface area (Å²) < 4.78 is 10.8. The zero-order chi connectivity index (χ0) is 13.7. The van der Waals surface area contributed by atoms with Crippen LogP contribution in [0.25, 0.3) is 0 Å². The second-order valence-corrected chi connectivity index (χ2v) is 5.05. The lowest BCUT2D eigenvalue weighted by Crippen LogP contribution is -2.29. The van der Waals surface area contributed by atoms with Gasteiger partial charge < -0.3 is 20.1 Å². The molecule has 1 heterocycles. The Hall–Kier alpha value is -1.26. The summed E-state index contributed by atoms with van der Waals surface area (Å²) in [5.41, 5.74) is 7.12. The quantitative estimate of drug-likeness (QED) is 0.851. The maximum Gasteiger partial charge on any atom is 0.122 e. The molecule has 1 aromatic carbocycles. The Bertz CT molecular complexity index is 403. The van der Waals surface area contributed by atoms with Crippen LogP contribution in [0.5, 0.6) is 11.5 Å². The average molecular weight is 264 g/mol. The Labute approximate surface area is 115 Å². The largest absolute Gasteiger partial charge is 0.497 e. The highest BCUT2D eigenvalue weighted by molar-refractivity contribution is 5.42. The summed E-state index contributed by atoms with van der Waals surface area (Å²) in [6.45, 7) is 3.99. The third-order valence-corrected chi connectivity index (χ3v) is 3.84. The van der Waals surface area contributed by atoms with E-state index >= 15 is 0 Å². The number of nitrogens with two attached hydrogens (primary N) is 1. The fourth-order valence-electron chi connectivity index (χ4n) is 2.74. The van der Waals surface area contributed by atoms with E-state index in [-0.39, 0.29) is 0 Å². The SMILES string of the molecule is COc1ccc(OC)c(C(CN)CN2CCCC2)c1. The first-order valence-electron chi connectivity index (χ1n) is 6.92. The van der Waals surface area contributed by atoms with Crippen LogP contribution in [0.3, 0.4) is 0 Å². The molecule has 106 valence electrons. The summed E-state index contributed by atoms with van der Waals surface area (Å²) in [6.07, 6.45) is 2.60. The van der Waals surface area contributed by atoms with E-state index in [4.69, 9.17) is 15.2 Å². The molecular formula is C15H24N2O2. The Balaban J connectivity index is 2.19. The lowest BCUT2D eigenvalue weighted by molar-refractivity contribution is 0.310. The highest BCUT2D eigenvalue weighted by atomic mass is 16.5. The van der Waals surface area contributed by atoms with Crippen LogP contribution in [0.1, 0.15) is 24.3 Å². The average Bonchev–Trinajstić information content (AvgIpc) is 2.97. The third-order valence-electron chi connectivity index (χ3n) is 3.84. The normalized spacial score (nSPS) is 17.4. The highest BCUT2D eigenvalue weighted by Gasteiger charge is 2.21. The van der Waals surface area contributed by atoms with Gasteiger partial charge in [-0.15, -0.1) is 0 Å². The van der Waals surface area contributed by atoms with E-state index in [9.17, 15) is 0 Å². The third kappa shape index (κ3) is 3.39. The molecule has 1 aliphatic rings. The van der Waals surface area contributed by atoms with Gasteiger partial charge in [-0.2, -0.15) is 0 Å². The molecule has 1 aromatic rings. The van der Waals surface area contributed by atoms with Crippen LogP contribution < -0.4 is 15.2 Å². The number of hydrogen-bond donors (Lipinski definition) is 1. The number of rotatable bonds is 6. The van der Waals surface area contributed by atoms with Gasteiger partial charge >= 0.3 is 0 Å². The Kier molecular flexibility index (Phi) is 5.05.